The van der Waals surface area contributed by atoms with Crippen LogP contribution in [-0.2, 0) is 4.79 Å². The molecule has 1 aliphatic rings. The fourth-order valence-corrected chi connectivity index (χ4v) is 2.65. The number of amides is 1. The van der Waals surface area contributed by atoms with E-state index in [1.165, 1.54) is 11.8 Å². The first-order chi connectivity index (χ1) is 6.68. The number of hydrogen-bond acceptors (Lipinski definition) is 3. The van der Waals surface area contributed by atoms with Crippen molar-refractivity contribution in [3.8, 4) is 0 Å². The first-order valence-corrected chi connectivity index (χ1v) is 6.41. The van der Waals surface area contributed by atoms with Crippen LogP contribution in [0.1, 0.15) is 0 Å². The van der Waals surface area contributed by atoms with Crippen molar-refractivity contribution in [2.75, 3.05) is 10.7 Å². The molecule has 0 bridgehead atoms. The van der Waals surface area contributed by atoms with Gasteiger partial charge < -0.3 is 0 Å². The van der Waals surface area contributed by atoms with Gasteiger partial charge in [-0.15, -0.1) is 0 Å². The molecule has 1 fully saturated rings. The fourth-order valence-electron chi connectivity index (χ4n) is 1.19. The molecule has 0 unspecified atom stereocenters. The standard InChI is InChI=1S/C9H6INOS2/c10-6-1-3-7(4-2-6)11-8(12)5-14-9(11)13/h1-4H,5H2. The van der Waals surface area contributed by atoms with E-state index < -0.39 is 0 Å². The summed E-state index contributed by atoms with van der Waals surface area (Å²) in [6.45, 7) is 0. The average Bonchev–Trinajstić information content (AvgIpc) is 2.49. The highest BCUT2D eigenvalue weighted by atomic mass is 127. The summed E-state index contributed by atoms with van der Waals surface area (Å²) in [7, 11) is 0. The number of anilines is 1. The van der Waals surface area contributed by atoms with Gasteiger partial charge in [0.25, 0.3) is 0 Å². The van der Waals surface area contributed by atoms with E-state index in [2.05, 4.69) is 22.6 Å². The predicted molar refractivity (Wildman–Crippen MR) is 71.7 cm³/mol. The molecule has 1 aliphatic heterocycles. The fraction of sp³-hybridized carbons (Fsp3) is 0.111. The summed E-state index contributed by atoms with van der Waals surface area (Å²) in [5.41, 5.74) is 0.866. The minimum Gasteiger partial charge on any atom is -0.273 e. The molecule has 1 aromatic carbocycles. The number of hydrogen-bond donors (Lipinski definition) is 0. The van der Waals surface area contributed by atoms with Crippen molar-refractivity contribution in [2.45, 2.75) is 0 Å². The Hall–Kier alpha value is -0.140. The second kappa shape index (κ2) is 4.16. The number of thiocarbonyl (C=S) groups is 1. The zero-order valence-corrected chi connectivity index (χ0v) is 10.9. The topological polar surface area (TPSA) is 20.3 Å². The number of carbonyl (C=O) groups excluding carboxylic acids is 1. The van der Waals surface area contributed by atoms with Crippen molar-refractivity contribution in [3.05, 3.63) is 27.8 Å². The van der Waals surface area contributed by atoms with E-state index in [0.29, 0.717) is 10.1 Å². The highest BCUT2D eigenvalue weighted by molar-refractivity contribution is 14.1. The van der Waals surface area contributed by atoms with Gasteiger partial charge in [-0.1, -0.05) is 24.0 Å². The number of benzene rings is 1. The Morgan fingerprint density at radius 1 is 1.36 bits per heavy atom. The zero-order chi connectivity index (χ0) is 10.1. The molecule has 5 heteroatoms. The number of thioether (sulfide) groups is 1. The molecule has 2 nitrogen and oxygen atoms in total. The molecule has 1 aromatic rings. The zero-order valence-electron chi connectivity index (χ0n) is 7.07. The van der Waals surface area contributed by atoms with Crippen LogP contribution in [0.4, 0.5) is 5.69 Å². The van der Waals surface area contributed by atoms with Gasteiger partial charge in [0.2, 0.25) is 5.91 Å². The molecule has 2 rings (SSSR count). The molecule has 72 valence electrons. The van der Waals surface area contributed by atoms with Gasteiger partial charge in [-0.3, -0.25) is 9.69 Å². The molecule has 0 atom stereocenters. The van der Waals surface area contributed by atoms with E-state index >= 15 is 0 Å². The molecule has 1 heterocycles. The Labute approximate surface area is 105 Å². The lowest BCUT2D eigenvalue weighted by atomic mass is 10.3. The lowest BCUT2D eigenvalue weighted by molar-refractivity contribution is -0.115. The van der Waals surface area contributed by atoms with Crippen LogP contribution in [-0.4, -0.2) is 16.0 Å². The van der Waals surface area contributed by atoms with Crippen LogP contribution in [0.5, 0.6) is 0 Å². The van der Waals surface area contributed by atoms with Crippen LogP contribution in [0.2, 0.25) is 0 Å². The van der Waals surface area contributed by atoms with E-state index in [4.69, 9.17) is 12.2 Å². The SMILES string of the molecule is O=C1CSC(=S)N1c1ccc(I)cc1. The number of carbonyl (C=O) groups is 1. The lowest BCUT2D eigenvalue weighted by Crippen LogP contribution is -2.27. The summed E-state index contributed by atoms with van der Waals surface area (Å²) in [6.07, 6.45) is 0. The first-order valence-electron chi connectivity index (χ1n) is 3.94. The van der Waals surface area contributed by atoms with E-state index in [-0.39, 0.29) is 5.91 Å². The summed E-state index contributed by atoms with van der Waals surface area (Å²) in [5, 5.41) is 0. The highest BCUT2D eigenvalue weighted by Gasteiger charge is 2.27. The first kappa shape index (κ1) is 10.4. The van der Waals surface area contributed by atoms with Gasteiger partial charge in [0.15, 0.2) is 0 Å². The van der Waals surface area contributed by atoms with Gasteiger partial charge in [0.05, 0.1) is 11.4 Å². The van der Waals surface area contributed by atoms with Crippen LogP contribution < -0.4 is 4.90 Å². The summed E-state index contributed by atoms with van der Waals surface area (Å²) >= 11 is 8.75. The summed E-state index contributed by atoms with van der Waals surface area (Å²) in [5.74, 6) is 0.534. The number of nitrogens with zero attached hydrogens (tertiary/aromatic N) is 1. The van der Waals surface area contributed by atoms with Gasteiger partial charge in [-0.05, 0) is 46.9 Å². The van der Waals surface area contributed by atoms with E-state index in [9.17, 15) is 4.79 Å². The van der Waals surface area contributed by atoms with Gasteiger partial charge in [0.1, 0.15) is 4.32 Å². The van der Waals surface area contributed by atoms with Crippen molar-refractivity contribution in [3.63, 3.8) is 0 Å². The third kappa shape index (κ3) is 1.94. The maximum atomic E-state index is 11.5. The van der Waals surface area contributed by atoms with Crippen LogP contribution in [0.25, 0.3) is 0 Å². The van der Waals surface area contributed by atoms with E-state index in [1.54, 1.807) is 4.90 Å². The van der Waals surface area contributed by atoms with Crippen LogP contribution in [0, 0.1) is 3.57 Å². The van der Waals surface area contributed by atoms with E-state index in [0.717, 1.165) is 9.26 Å². The Kier molecular flexibility index (Phi) is 3.08. The van der Waals surface area contributed by atoms with Crippen LogP contribution in [0.15, 0.2) is 24.3 Å². The van der Waals surface area contributed by atoms with Crippen molar-refractivity contribution in [2.24, 2.45) is 0 Å². The minimum atomic E-state index is 0.0706. The van der Waals surface area contributed by atoms with Crippen molar-refractivity contribution >= 4 is 62.5 Å². The van der Waals surface area contributed by atoms with Gasteiger partial charge in [0, 0.05) is 3.57 Å². The number of halogens is 1. The molecule has 0 aromatic heterocycles. The second-order valence-electron chi connectivity index (χ2n) is 2.76. The molecule has 0 radical (unpaired) electrons. The molecule has 0 saturated carbocycles. The summed E-state index contributed by atoms with van der Waals surface area (Å²) in [4.78, 5) is 13.1. The van der Waals surface area contributed by atoms with Gasteiger partial charge in [-0.25, -0.2) is 0 Å². The minimum absolute atomic E-state index is 0.0706. The summed E-state index contributed by atoms with van der Waals surface area (Å²) in [6, 6.07) is 7.76. The molecular weight excluding hydrogens is 329 g/mol. The molecule has 1 amide bonds. The summed E-state index contributed by atoms with van der Waals surface area (Å²) < 4.78 is 1.80. The van der Waals surface area contributed by atoms with Gasteiger partial charge in [-0.2, -0.15) is 0 Å². The quantitative estimate of drug-likeness (QED) is 0.581. The lowest BCUT2D eigenvalue weighted by Gasteiger charge is -2.14. The molecular formula is C9H6INOS2. The maximum absolute atomic E-state index is 11.5. The number of rotatable bonds is 1. The third-order valence-electron chi connectivity index (χ3n) is 1.84. The molecule has 0 spiro atoms. The molecule has 1 saturated heterocycles. The van der Waals surface area contributed by atoms with Crippen LogP contribution >= 0.6 is 46.6 Å². The third-order valence-corrected chi connectivity index (χ3v) is 3.91. The Balaban J connectivity index is 2.34. The molecule has 0 aliphatic carbocycles. The monoisotopic (exact) mass is 335 g/mol. The van der Waals surface area contributed by atoms with Crippen molar-refractivity contribution < 1.29 is 4.79 Å². The molecule has 14 heavy (non-hydrogen) atoms. The van der Waals surface area contributed by atoms with Gasteiger partial charge >= 0.3 is 0 Å². The van der Waals surface area contributed by atoms with Crippen molar-refractivity contribution in [1.29, 1.82) is 0 Å². The van der Waals surface area contributed by atoms with E-state index in [1.807, 2.05) is 24.3 Å². The second-order valence-corrected chi connectivity index (χ2v) is 5.61. The Bertz CT molecular complexity index is 374. The molecule has 0 N–H and O–H groups in total. The Morgan fingerprint density at radius 3 is 2.50 bits per heavy atom. The smallest absolute Gasteiger partial charge is 0.243 e. The predicted octanol–water partition coefficient (Wildman–Crippen LogP) is 2.66. The van der Waals surface area contributed by atoms with Crippen molar-refractivity contribution in [1.82, 2.24) is 0 Å². The Morgan fingerprint density at radius 2 is 2.00 bits per heavy atom. The average molecular weight is 335 g/mol. The highest BCUT2D eigenvalue weighted by Crippen LogP contribution is 2.26. The van der Waals surface area contributed by atoms with Crippen LogP contribution in [0.3, 0.4) is 0 Å². The maximum Gasteiger partial charge on any atom is 0.243 e. The normalized spacial score (nSPS) is 16.5. The largest absolute Gasteiger partial charge is 0.273 e.